The third-order valence-corrected chi connectivity index (χ3v) is 4.47. The van der Waals surface area contributed by atoms with Crippen LogP contribution in [0.5, 0.6) is 0 Å². The Hall–Kier alpha value is -1.10. The highest BCUT2D eigenvalue weighted by Gasteiger charge is 2.17. The zero-order valence-electron chi connectivity index (χ0n) is 13.8. The van der Waals surface area contributed by atoms with Gasteiger partial charge >= 0.3 is 0 Å². The SMILES string of the molecule is Cl.NC(=O)C1CCCNC1.c1ccc(CC2CCCNC2)cc1. The van der Waals surface area contributed by atoms with E-state index in [-0.39, 0.29) is 24.2 Å². The van der Waals surface area contributed by atoms with E-state index in [0.29, 0.717) is 0 Å². The van der Waals surface area contributed by atoms with Crippen molar-refractivity contribution in [1.82, 2.24) is 10.6 Å². The molecule has 1 aromatic rings. The normalized spacial score (nSPS) is 23.8. The molecule has 5 heteroatoms. The molecule has 1 amide bonds. The van der Waals surface area contributed by atoms with E-state index in [1.807, 2.05) is 0 Å². The lowest BCUT2D eigenvalue weighted by Crippen LogP contribution is -2.37. The van der Waals surface area contributed by atoms with Gasteiger partial charge in [0.25, 0.3) is 0 Å². The van der Waals surface area contributed by atoms with Gasteiger partial charge in [-0.25, -0.2) is 0 Å². The summed E-state index contributed by atoms with van der Waals surface area (Å²) >= 11 is 0. The Balaban J connectivity index is 0.000000235. The number of benzene rings is 1. The smallest absolute Gasteiger partial charge is 0.221 e. The van der Waals surface area contributed by atoms with Crippen molar-refractivity contribution < 1.29 is 4.79 Å². The quantitative estimate of drug-likeness (QED) is 0.790. The van der Waals surface area contributed by atoms with Crippen molar-refractivity contribution in [2.45, 2.75) is 32.1 Å². The summed E-state index contributed by atoms with van der Waals surface area (Å²) in [5.41, 5.74) is 6.57. The van der Waals surface area contributed by atoms with Crippen LogP contribution in [0.3, 0.4) is 0 Å². The van der Waals surface area contributed by atoms with Gasteiger partial charge < -0.3 is 16.4 Å². The first-order valence-electron chi connectivity index (χ1n) is 8.50. The van der Waals surface area contributed by atoms with E-state index in [2.05, 4.69) is 41.0 Å². The van der Waals surface area contributed by atoms with Crippen LogP contribution in [0.2, 0.25) is 0 Å². The molecule has 0 aliphatic carbocycles. The van der Waals surface area contributed by atoms with Crippen molar-refractivity contribution in [3.05, 3.63) is 35.9 Å². The number of carbonyl (C=O) groups excluding carboxylic acids is 1. The Bertz CT molecular complexity index is 429. The van der Waals surface area contributed by atoms with Crippen LogP contribution in [0.15, 0.2) is 30.3 Å². The van der Waals surface area contributed by atoms with Crippen LogP contribution in [0.1, 0.15) is 31.2 Å². The molecule has 2 fully saturated rings. The number of hydrogen-bond donors (Lipinski definition) is 3. The van der Waals surface area contributed by atoms with E-state index in [0.717, 1.165) is 31.8 Å². The van der Waals surface area contributed by atoms with E-state index in [4.69, 9.17) is 5.73 Å². The van der Waals surface area contributed by atoms with Crippen molar-refractivity contribution in [1.29, 1.82) is 0 Å². The lowest BCUT2D eigenvalue weighted by atomic mass is 9.92. The van der Waals surface area contributed by atoms with Crippen LogP contribution in [0.4, 0.5) is 0 Å². The fourth-order valence-corrected chi connectivity index (χ4v) is 3.14. The van der Waals surface area contributed by atoms with Crippen molar-refractivity contribution in [3.8, 4) is 0 Å². The van der Waals surface area contributed by atoms with Gasteiger partial charge in [0.15, 0.2) is 0 Å². The second-order valence-corrected chi connectivity index (χ2v) is 6.35. The summed E-state index contributed by atoms with van der Waals surface area (Å²) < 4.78 is 0. The number of hydrogen-bond acceptors (Lipinski definition) is 3. The van der Waals surface area contributed by atoms with Crippen LogP contribution in [0.25, 0.3) is 0 Å². The van der Waals surface area contributed by atoms with Crippen molar-refractivity contribution in [3.63, 3.8) is 0 Å². The van der Waals surface area contributed by atoms with Gasteiger partial charge in [-0.05, 0) is 63.2 Å². The maximum Gasteiger partial charge on any atom is 0.221 e. The number of nitrogens with two attached hydrogens (primary N) is 1. The zero-order valence-corrected chi connectivity index (χ0v) is 14.6. The first-order valence-corrected chi connectivity index (χ1v) is 8.50. The highest BCUT2D eigenvalue weighted by atomic mass is 35.5. The summed E-state index contributed by atoms with van der Waals surface area (Å²) in [4.78, 5) is 10.5. The summed E-state index contributed by atoms with van der Waals surface area (Å²) in [6.07, 6.45) is 6.02. The Morgan fingerprint density at radius 2 is 1.70 bits per heavy atom. The van der Waals surface area contributed by atoms with E-state index >= 15 is 0 Å². The lowest BCUT2D eigenvalue weighted by molar-refractivity contribution is -0.122. The monoisotopic (exact) mass is 339 g/mol. The Kier molecular flexibility index (Phi) is 9.92. The summed E-state index contributed by atoms with van der Waals surface area (Å²) in [5.74, 6) is 0.775. The second kappa shape index (κ2) is 11.4. The number of halogens is 1. The topological polar surface area (TPSA) is 67.2 Å². The molecule has 0 spiro atoms. The lowest BCUT2D eigenvalue weighted by Gasteiger charge is -2.22. The van der Waals surface area contributed by atoms with Gasteiger partial charge in [-0.3, -0.25) is 4.79 Å². The number of piperidine rings is 2. The molecule has 0 aromatic heterocycles. The molecule has 4 N–H and O–H groups in total. The van der Waals surface area contributed by atoms with E-state index in [1.165, 1.54) is 37.9 Å². The molecule has 2 aliphatic rings. The van der Waals surface area contributed by atoms with E-state index in [1.54, 1.807) is 0 Å². The molecular formula is C18H30ClN3O. The Morgan fingerprint density at radius 3 is 2.17 bits per heavy atom. The van der Waals surface area contributed by atoms with Crippen LogP contribution >= 0.6 is 12.4 Å². The van der Waals surface area contributed by atoms with Gasteiger partial charge in [-0.1, -0.05) is 30.3 Å². The molecule has 2 atom stereocenters. The van der Waals surface area contributed by atoms with E-state index < -0.39 is 0 Å². The predicted molar refractivity (Wildman–Crippen MR) is 97.8 cm³/mol. The minimum Gasteiger partial charge on any atom is -0.369 e. The molecule has 2 unspecified atom stereocenters. The van der Waals surface area contributed by atoms with Crippen LogP contribution in [0, 0.1) is 11.8 Å². The summed E-state index contributed by atoms with van der Waals surface area (Å²) in [7, 11) is 0. The first-order chi connectivity index (χ1) is 10.8. The zero-order chi connectivity index (χ0) is 15.6. The van der Waals surface area contributed by atoms with E-state index in [9.17, 15) is 4.79 Å². The van der Waals surface area contributed by atoms with Gasteiger partial charge in [0, 0.05) is 6.54 Å². The number of primary amides is 1. The third kappa shape index (κ3) is 7.82. The van der Waals surface area contributed by atoms with Gasteiger partial charge in [-0.2, -0.15) is 0 Å². The highest BCUT2D eigenvalue weighted by molar-refractivity contribution is 5.85. The minimum absolute atomic E-state index is 0. The average Bonchev–Trinajstić information content (AvgIpc) is 2.58. The fraction of sp³-hybridized carbons (Fsp3) is 0.611. The summed E-state index contributed by atoms with van der Waals surface area (Å²) in [6, 6.07) is 10.8. The molecule has 130 valence electrons. The van der Waals surface area contributed by atoms with Crippen molar-refractivity contribution in [2.75, 3.05) is 26.2 Å². The Labute approximate surface area is 146 Å². The average molecular weight is 340 g/mol. The molecule has 0 saturated carbocycles. The molecule has 4 nitrogen and oxygen atoms in total. The van der Waals surface area contributed by atoms with Gasteiger partial charge in [0.05, 0.1) is 5.92 Å². The molecule has 23 heavy (non-hydrogen) atoms. The maximum atomic E-state index is 10.5. The predicted octanol–water partition coefficient (Wildman–Crippen LogP) is 2.12. The van der Waals surface area contributed by atoms with Crippen LogP contribution in [-0.2, 0) is 11.2 Å². The number of amides is 1. The molecule has 1 aromatic carbocycles. The third-order valence-electron chi connectivity index (χ3n) is 4.47. The van der Waals surface area contributed by atoms with Crippen LogP contribution in [-0.4, -0.2) is 32.1 Å². The fourth-order valence-electron chi connectivity index (χ4n) is 3.14. The molecule has 2 aliphatic heterocycles. The minimum atomic E-state index is -0.165. The van der Waals surface area contributed by atoms with Crippen LogP contribution < -0.4 is 16.4 Å². The standard InChI is InChI=1S/C12H17N.C6H12N2O.ClH/c1-2-5-11(6-3-1)9-12-7-4-8-13-10-12;7-6(9)5-2-1-3-8-4-5;/h1-3,5-6,12-13H,4,7-10H2;5,8H,1-4H2,(H2,7,9);1H. The molecule has 3 rings (SSSR count). The van der Waals surface area contributed by atoms with Crippen molar-refractivity contribution >= 4 is 18.3 Å². The number of nitrogens with one attached hydrogen (secondary N) is 2. The van der Waals surface area contributed by atoms with Gasteiger partial charge in [-0.15, -0.1) is 12.4 Å². The summed E-state index contributed by atoms with van der Waals surface area (Å²) in [5, 5.41) is 6.57. The number of rotatable bonds is 3. The van der Waals surface area contributed by atoms with Gasteiger partial charge in [0.1, 0.15) is 0 Å². The molecular weight excluding hydrogens is 310 g/mol. The largest absolute Gasteiger partial charge is 0.369 e. The molecule has 0 bridgehead atoms. The van der Waals surface area contributed by atoms with Crippen molar-refractivity contribution in [2.24, 2.45) is 17.6 Å². The van der Waals surface area contributed by atoms with Gasteiger partial charge in [0.2, 0.25) is 5.91 Å². The molecule has 0 radical (unpaired) electrons. The highest BCUT2D eigenvalue weighted by Crippen LogP contribution is 2.15. The maximum absolute atomic E-state index is 10.5. The Morgan fingerprint density at radius 1 is 1.04 bits per heavy atom. The molecule has 2 heterocycles. The number of carbonyl (C=O) groups is 1. The second-order valence-electron chi connectivity index (χ2n) is 6.35. The first kappa shape index (κ1) is 19.9. The molecule has 2 saturated heterocycles. The summed E-state index contributed by atoms with van der Waals surface area (Å²) in [6.45, 7) is 4.22.